The van der Waals surface area contributed by atoms with Gasteiger partial charge in [-0.25, -0.2) is 8.42 Å². The molecule has 1 N–H and O–H groups in total. The highest BCUT2D eigenvalue weighted by Crippen LogP contribution is 2.16. The van der Waals surface area contributed by atoms with Crippen LogP contribution in [0.3, 0.4) is 0 Å². The molecule has 1 aromatic carbocycles. The fourth-order valence-electron chi connectivity index (χ4n) is 2.23. The number of carbonyl (C=O) groups excluding carboxylic acids is 1. The van der Waals surface area contributed by atoms with E-state index in [-0.39, 0.29) is 29.2 Å². The Morgan fingerprint density at radius 2 is 1.83 bits per heavy atom. The van der Waals surface area contributed by atoms with E-state index in [1.807, 2.05) is 31.2 Å². The third-order valence-corrected chi connectivity index (χ3v) is 4.33. The highest BCUT2D eigenvalue weighted by Gasteiger charge is 2.16. The lowest BCUT2D eigenvalue weighted by Gasteiger charge is -2.13. The van der Waals surface area contributed by atoms with Crippen LogP contribution in [-0.2, 0) is 22.0 Å². The predicted octanol–water partition coefficient (Wildman–Crippen LogP) is 2.88. The van der Waals surface area contributed by atoms with E-state index in [0.29, 0.717) is 0 Å². The molecule has 0 aliphatic heterocycles. The molecule has 2 rings (SSSR count). The molecule has 0 aliphatic rings. The normalized spacial score (nSPS) is 12.8. The standard InChI is InChI=1S/C17H21NO4S/c1-4-13-5-7-14(8-6-13)12(2)18-17(19)16-10-9-15(22-16)11-23(3,20)21/h5-10,12H,4,11H2,1-3H3,(H,18,19). The summed E-state index contributed by atoms with van der Waals surface area (Å²) in [5, 5.41) is 2.84. The van der Waals surface area contributed by atoms with Crippen LogP contribution in [0.5, 0.6) is 0 Å². The quantitative estimate of drug-likeness (QED) is 0.880. The zero-order chi connectivity index (χ0) is 17.0. The first-order valence-corrected chi connectivity index (χ1v) is 9.50. The second-order valence-electron chi connectivity index (χ2n) is 5.63. The maximum Gasteiger partial charge on any atom is 0.287 e. The summed E-state index contributed by atoms with van der Waals surface area (Å²) in [7, 11) is -3.19. The molecule has 124 valence electrons. The van der Waals surface area contributed by atoms with E-state index in [2.05, 4.69) is 12.2 Å². The van der Waals surface area contributed by atoms with Crippen molar-refractivity contribution in [1.29, 1.82) is 0 Å². The molecule has 1 atom stereocenters. The van der Waals surface area contributed by atoms with Crippen LogP contribution < -0.4 is 5.32 Å². The maximum absolute atomic E-state index is 12.2. The molecule has 0 spiro atoms. The molecular formula is C17H21NO4S. The number of aryl methyl sites for hydroxylation is 1. The van der Waals surface area contributed by atoms with Gasteiger partial charge in [-0.2, -0.15) is 0 Å². The van der Waals surface area contributed by atoms with Gasteiger partial charge in [-0.3, -0.25) is 4.79 Å². The Bertz CT molecular complexity index is 775. The first-order chi connectivity index (χ1) is 10.8. The number of benzene rings is 1. The lowest BCUT2D eigenvalue weighted by molar-refractivity contribution is 0.0910. The number of rotatable bonds is 6. The van der Waals surface area contributed by atoms with Crippen molar-refractivity contribution in [2.75, 3.05) is 6.26 Å². The lowest BCUT2D eigenvalue weighted by Crippen LogP contribution is -2.26. The third kappa shape index (κ3) is 4.96. The summed E-state index contributed by atoms with van der Waals surface area (Å²) >= 11 is 0. The monoisotopic (exact) mass is 335 g/mol. The smallest absolute Gasteiger partial charge is 0.287 e. The van der Waals surface area contributed by atoms with Gasteiger partial charge in [-0.05, 0) is 36.6 Å². The van der Waals surface area contributed by atoms with E-state index in [1.54, 1.807) is 0 Å². The Labute approximate surface area is 136 Å². The van der Waals surface area contributed by atoms with E-state index < -0.39 is 9.84 Å². The van der Waals surface area contributed by atoms with E-state index in [4.69, 9.17) is 4.42 Å². The number of hydrogen-bond donors (Lipinski definition) is 1. The Morgan fingerprint density at radius 1 is 1.17 bits per heavy atom. The van der Waals surface area contributed by atoms with Crippen LogP contribution in [0.2, 0.25) is 0 Å². The second-order valence-corrected chi connectivity index (χ2v) is 7.77. The van der Waals surface area contributed by atoms with Crippen LogP contribution in [0.25, 0.3) is 0 Å². The van der Waals surface area contributed by atoms with E-state index in [0.717, 1.165) is 18.2 Å². The highest BCUT2D eigenvalue weighted by atomic mass is 32.2. The van der Waals surface area contributed by atoms with Crippen LogP contribution in [0, 0.1) is 0 Å². The topological polar surface area (TPSA) is 76.4 Å². The molecular weight excluding hydrogens is 314 g/mol. The van der Waals surface area contributed by atoms with Gasteiger partial charge in [0.1, 0.15) is 11.5 Å². The molecule has 2 aromatic rings. The molecule has 23 heavy (non-hydrogen) atoms. The second kappa shape index (κ2) is 7.00. The minimum atomic E-state index is -3.19. The van der Waals surface area contributed by atoms with E-state index >= 15 is 0 Å². The highest BCUT2D eigenvalue weighted by molar-refractivity contribution is 7.89. The molecule has 1 amide bonds. The van der Waals surface area contributed by atoms with Crippen LogP contribution in [-0.4, -0.2) is 20.6 Å². The number of hydrogen-bond acceptors (Lipinski definition) is 4. The SMILES string of the molecule is CCc1ccc(C(C)NC(=O)c2ccc(CS(C)(=O)=O)o2)cc1. The van der Waals surface area contributed by atoms with Gasteiger partial charge >= 0.3 is 0 Å². The van der Waals surface area contributed by atoms with Crippen LogP contribution in [0.15, 0.2) is 40.8 Å². The van der Waals surface area contributed by atoms with Gasteiger partial charge in [0.2, 0.25) is 0 Å². The molecule has 0 bridgehead atoms. The largest absolute Gasteiger partial charge is 0.455 e. The van der Waals surface area contributed by atoms with Gasteiger partial charge in [-0.15, -0.1) is 0 Å². The third-order valence-electron chi connectivity index (χ3n) is 3.53. The van der Waals surface area contributed by atoms with Crippen LogP contribution in [0.4, 0.5) is 0 Å². The Hall–Kier alpha value is -2.08. The van der Waals surface area contributed by atoms with E-state index in [1.165, 1.54) is 17.7 Å². The molecule has 1 heterocycles. The predicted molar refractivity (Wildman–Crippen MR) is 89.0 cm³/mol. The summed E-state index contributed by atoms with van der Waals surface area (Å²) in [6, 6.07) is 10.9. The Balaban J connectivity index is 2.03. The molecule has 5 nitrogen and oxygen atoms in total. The molecule has 1 unspecified atom stereocenters. The zero-order valence-electron chi connectivity index (χ0n) is 13.5. The zero-order valence-corrected chi connectivity index (χ0v) is 14.3. The average molecular weight is 335 g/mol. The maximum atomic E-state index is 12.2. The number of carbonyl (C=O) groups is 1. The molecule has 0 aliphatic carbocycles. The van der Waals surface area contributed by atoms with Crippen LogP contribution in [0.1, 0.15) is 47.3 Å². The van der Waals surface area contributed by atoms with Gasteiger partial charge in [0, 0.05) is 6.26 Å². The van der Waals surface area contributed by atoms with E-state index in [9.17, 15) is 13.2 Å². The van der Waals surface area contributed by atoms with Crippen molar-refractivity contribution in [3.8, 4) is 0 Å². The minimum absolute atomic E-state index is 0.112. The fourth-order valence-corrected chi connectivity index (χ4v) is 2.90. The first-order valence-electron chi connectivity index (χ1n) is 7.44. The van der Waals surface area contributed by atoms with Crippen molar-refractivity contribution in [2.24, 2.45) is 0 Å². The van der Waals surface area contributed by atoms with Gasteiger partial charge in [-0.1, -0.05) is 31.2 Å². The number of sulfone groups is 1. The number of nitrogens with one attached hydrogen (secondary N) is 1. The van der Waals surface area contributed by atoms with Crippen molar-refractivity contribution >= 4 is 15.7 Å². The Kier molecular flexibility index (Phi) is 5.26. The first kappa shape index (κ1) is 17.3. The van der Waals surface area contributed by atoms with Gasteiger partial charge in [0.05, 0.1) is 6.04 Å². The molecule has 0 saturated carbocycles. The fraction of sp³-hybridized carbons (Fsp3) is 0.353. The van der Waals surface area contributed by atoms with Crippen molar-refractivity contribution in [3.05, 3.63) is 59.0 Å². The number of amides is 1. The van der Waals surface area contributed by atoms with Crippen molar-refractivity contribution in [1.82, 2.24) is 5.32 Å². The average Bonchev–Trinajstić information content (AvgIpc) is 2.93. The molecule has 0 fully saturated rings. The molecule has 0 radical (unpaired) electrons. The molecule has 6 heteroatoms. The van der Waals surface area contributed by atoms with Crippen LogP contribution >= 0.6 is 0 Å². The number of furan rings is 1. The lowest BCUT2D eigenvalue weighted by atomic mass is 10.0. The molecule has 0 saturated heterocycles. The summed E-state index contributed by atoms with van der Waals surface area (Å²) in [4.78, 5) is 12.2. The summed E-state index contributed by atoms with van der Waals surface area (Å²) in [6.45, 7) is 3.98. The summed E-state index contributed by atoms with van der Waals surface area (Å²) in [6.07, 6.45) is 2.09. The van der Waals surface area contributed by atoms with Gasteiger partial charge in [0.25, 0.3) is 5.91 Å². The Morgan fingerprint density at radius 3 is 2.39 bits per heavy atom. The summed E-state index contributed by atoms with van der Waals surface area (Å²) in [5.74, 6) is -0.205. The van der Waals surface area contributed by atoms with Gasteiger partial charge < -0.3 is 9.73 Å². The van der Waals surface area contributed by atoms with Gasteiger partial charge in [0.15, 0.2) is 15.6 Å². The molecule has 1 aromatic heterocycles. The van der Waals surface area contributed by atoms with Crippen molar-refractivity contribution in [3.63, 3.8) is 0 Å². The van der Waals surface area contributed by atoms with Crippen molar-refractivity contribution in [2.45, 2.75) is 32.1 Å². The summed E-state index contributed by atoms with van der Waals surface area (Å²) in [5.41, 5.74) is 2.24. The van der Waals surface area contributed by atoms with Crippen molar-refractivity contribution < 1.29 is 17.6 Å². The summed E-state index contributed by atoms with van der Waals surface area (Å²) < 4.78 is 27.8. The minimum Gasteiger partial charge on any atom is -0.455 e.